The Balaban J connectivity index is 2.06. The highest BCUT2D eigenvalue weighted by atomic mass is 79.9. The van der Waals surface area contributed by atoms with Gasteiger partial charge in [0.1, 0.15) is 17.3 Å². The van der Waals surface area contributed by atoms with Crippen LogP contribution in [0.15, 0.2) is 10.8 Å². The van der Waals surface area contributed by atoms with Gasteiger partial charge >= 0.3 is 0 Å². The van der Waals surface area contributed by atoms with E-state index >= 15 is 0 Å². The maximum Gasteiger partial charge on any atom is 0.148 e. The van der Waals surface area contributed by atoms with Crippen molar-refractivity contribution < 1.29 is 0 Å². The fourth-order valence-electron chi connectivity index (χ4n) is 1.48. The van der Waals surface area contributed by atoms with E-state index in [1.165, 1.54) is 30.7 Å². The van der Waals surface area contributed by atoms with Gasteiger partial charge in [0.2, 0.25) is 0 Å². The number of halogens is 2. The maximum absolute atomic E-state index is 5.89. The number of aromatic nitrogens is 2. The predicted molar refractivity (Wildman–Crippen MR) is 68.7 cm³/mol. The summed E-state index contributed by atoms with van der Waals surface area (Å²) in [6.07, 6.45) is 3.84. The first-order chi connectivity index (χ1) is 7.27. The van der Waals surface area contributed by atoms with Gasteiger partial charge in [-0.05, 0) is 40.3 Å². The van der Waals surface area contributed by atoms with Crippen LogP contribution in [0.3, 0.4) is 0 Å². The SMILES string of the molecule is Clc1ncnc(NC2CCSCC2)c1Br. The van der Waals surface area contributed by atoms with Crippen molar-refractivity contribution in [3.63, 3.8) is 0 Å². The number of hydrogen-bond acceptors (Lipinski definition) is 4. The van der Waals surface area contributed by atoms with Gasteiger partial charge in [0, 0.05) is 6.04 Å². The molecule has 1 N–H and O–H groups in total. The molecule has 1 aliphatic heterocycles. The van der Waals surface area contributed by atoms with E-state index in [-0.39, 0.29) is 0 Å². The minimum Gasteiger partial charge on any atom is -0.366 e. The van der Waals surface area contributed by atoms with Crippen LogP contribution in [0, 0.1) is 0 Å². The summed E-state index contributed by atoms with van der Waals surface area (Å²) in [5.41, 5.74) is 0. The monoisotopic (exact) mass is 307 g/mol. The van der Waals surface area contributed by atoms with Crippen LogP contribution in [0.2, 0.25) is 5.15 Å². The molecule has 1 fully saturated rings. The summed E-state index contributed by atoms with van der Waals surface area (Å²) in [6, 6.07) is 0.508. The Kier molecular flexibility index (Phi) is 4.11. The average Bonchev–Trinajstić information content (AvgIpc) is 2.26. The van der Waals surface area contributed by atoms with E-state index in [9.17, 15) is 0 Å². The average molecular weight is 309 g/mol. The largest absolute Gasteiger partial charge is 0.366 e. The number of anilines is 1. The van der Waals surface area contributed by atoms with Crippen molar-refractivity contribution in [1.29, 1.82) is 0 Å². The normalized spacial score (nSPS) is 17.7. The molecule has 0 amide bonds. The van der Waals surface area contributed by atoms with Crippen LogP contribution < -0.4 is 5.32 Å². The van der Waals surface area contributed by atoms with Crippen molar-refractivity contribution in [2.24, 2.45) is 0 Å². The molecule has 15 heavy (non-hydrogen) atoms. The zero-order valence-corrected chi connectivity index (χ0v) is 11.2. The molecule has 3 nitrogen and oxygen atoms in total. The standard InChI is InChI=1S/C9H11BrClN3S/c10-7-8(11)12-5-13-9(7)14-6-1-3-15-4-2-6/h5-6H,1-4H2,(H,12,13,14). The molecule has 0 radical (unpaired) electrons. The zero-order valence-electron chi connectivity index (χ0n) is 8.04. The molecule has 1 aromatic rings. The molecule has 0 saturated carbocycles. The van der Waals surface area contributed by atoms with Gasteiger partial charge in [-0.1, -0.05) is 11.6 Å². The van der Waals surface area contributed by atoms with E-state index in [1.54, 1.807) is 0 Å². The summed E-state index contributed by atoms with van der Waals surface area (Å²) in [5.74, 6) is 3.23. The number of thioether (sulfide) groups is 1. The Morgan fingerprint density at radius 2 is 2.13 bits per heavy atom. The third kappa shape index (κ3) is 2.98. The lowest BCUT2D eigenvalue weighted by Gasteiger charge is -2.23. The molecule has 0 unspecified atom stereocenters. The summed E-state index contributed by atoms with van der Waals surface area (Å²) in [4.78, 5) is 8.07. The predicted octanol–water partition coefficient (Wildman–Crippen LogP) is 3.20. The molecular formula is C9H11BrClN3S. The zero-order chi connectivity index (χ0) is 10.7. The lowest BCUT2D eigenvalue weighted by atomic mass is 10.1. The quantitative estimate of drug-likeness (QED) is 0.852. The summed E-state index contributed by atoms with van der Waals surface area (Å²) in [7, 11) is 0. The molecule has 0 bridgehead atoms. The molecule has 82 valence electrons. The first-order valence-electron chi connectivity index (χ1n) is 4.77. The maximum atomic E-state index is 5.89. The number of nitrogens with zero attached hydrogens (tertiary/aromatic N) is 2. The van der Waals surface area contributed by atoms with Gasteiger partial charge in [-0.3, -0.25) is 0 Å². The van der Waals surface area contributed by atoms with Crippen LogP contribution in [-0.4, -0.2) is 27.5 Å². The van der Waals surface area contributed by atoms with E-state index in [1.807, 2.05) is 11.8 Å². The topological polar surface area (TPSA) is 37.8 Å². The minimum atomic E-state index is 0.456. The molecule has 1 aromatic heterocycles. The highest BCUT2D eigenvalue weighted by molar-refractivity contribution is 9.10. The van der Waals surface area contributed by atoms with Crippen LogP contribution in [0.5, 0.6) is 0 Å². The molecule has 0 aliphatic carbocycles. The second kappa shape index (κ2) is 5.37. The van der Waals surface area contributed by atoms with E-state index in [0.717, 1.165) is 10.3 Å². The number of rotatable bonds is 2. The second-order valence-corrected chi connectivity index (χ2v) is 5.73. The third-order valence-corrected chi connectivity index (χ3v) is 4.62. The highest BCUT2D eigenvalue weighted by Crippen LogP contribution is 2.28. The van der Waals surface area contributed by atoms with E-state index in [2.05, 4.69) is 31.2 Å². The first kappa shape index (κ1) is 11.5. The number of nitrogens with one attached hydrogen (secondary N) is 1. The molecule has 2 heterocycles. The lowest BCUT2D eigenvalue weighted by molar-refractivity contribution is 0.663. The molecule has 1 saturated heterocycles. The van der Waals surface area contributed by atoms with Crippen molar-refractivity contribution in [2.75, 3.05) is 16.8 Å². The van der Waals surface area contributed by atoms with Crippen molar-refractivity contribution in [3.05, 3.63) is 16.0 Å². The van der Waals surface area contributed by atoms with Gasteiger partial charge in [-0.25, -0.2) is 9.97 Å². The highest BCUT2D eigenvalue weighted by Gasteiger charge is 2.16. The van der Waals surface area contributed by atoms with E-state index in [4.69, 9.17) is 11.6 Å². The minimum absolute atomic E-state index is 0.456. The Hall–Kier alpha value is 0. The Bertz CT molecular complexity index is 344. The summed E-state index contributed by atoms with van der Waals surface area (Å²) >= 11 is 11.3. The summed E-state index contributed by atoms with van der Waals surface area (Å²) in [5, 5.41) is 3.85. The van der Waals surface area contributed by atoms with Gasteiger partial charge in [0.15, 0.2) is 0 Å². The number of hydrogen-bond donors (Lipinski definition) is 1. The molecule has 0 atom stereocenters. The van der Waals surface area contributed by atoms with Gasteiger partial charge < -0.3 is 5.32 Å². The second-order valence-electron chi connectivity index (χ2n) is 3.36. The van der Waals surface area contributed by atoms with Gasteiger partial charge in [0.25, 0.3) is 0 Å². The molecule has 0 aromatic carbocycles. The Labute approximate surface area is 107 Å². The fourth-order valence-corrected chi connectivity index (χ4v) is 3.04. The van der Waals surface area contributed by atoms with Gasteiger partial charge in [-0.15, -0.1) is 0 Å². The van der Waals surface area contributed by atoms with Crippen molar-refractivity contribution in [3.8, 4) is 0 Å². The van der Waals surface area contributed by atoms with Crippen LogP contribution in [0.1, 0.15) is 12.8 Å². The van der Waals surface area contributed by atoms with Crippen LogP contribution >= 0.6 is 39.3 Å². The molecular weight excluding hydrogens is 298 g/mol. The van der Waals surface area contributed by atoms with Crippen molar-refractivity contribution in [1.82, 2.24) is 9.97 Å². The molecule has 2 rings (SSSR count). The van der Waals surface area contributed by atoms with Crippen LogP contribution in [0.4, 0.5) is 5.82 Å². The smallest absolute Gasteiger partial charge is 0.148 e. The van der Waals surface area contributed by atoms with Crippen LogP contribution in [0.25, 0.3) is 0 Å². The van der Waals surface area contributed by atoms with Gasteiger partial charge in [-0.2, -0.15) is 11.8 Å². The molecule has 0 spiro atoms. The van der Waals surface area contributed by atoms with Crippen LogP contribution in [-0.2, 0) is 0 Å². The van der Waals surface area contributed by atoms with Gasteiger partial charge in [0.05, 0.1) is 4.47 Å². The molecule has 6 heteroatoms. The third-order valence-electron chi connectivity index (χ3n) is 2.31. The summed E-state index contributed by atoms with van der Waals surface area (Å²) in [6.45, 7) is 0. The lowest BCUT2D eigenvalue weighted by Crippen LogP contribution is -2.25. The summed E-state index contributed by atoms with van der Waals surface area (Å²) < 4.78 is 0.755. The fraction of sp³-hybridized carbons (Fsp3) is 0.556. The van der Waals surface area contributed by atoms with E-state index in [0.29, 0.717) is 11.2 Å². The van der Waals surface area contributed by atoms with E-state index < -0.39 is 0 Å². The first-order valence-corrected chi connectivity index (χ1v) is 7.10. The Morgan fingerprint density at radius 3 is 2.87 bits per heavy atom. The Morgan fingerprint density at radius 1 is 1.40 bits per heavy atom. The molecule has 1 aliphatic rings. The van der Waals surface area contributed by atoms with Crippen molar-refractivity contribution >= 4 is 45.1 Å². The van der Waals surface area contributed by atoms with Crippen molar-refractivity contribution in [2.45, 2.75) is 18.9 Å².